The zero-order chi connectivity index (χ0) is 14.7. The number of nitrogens with one attached hydrogen (secondary N) is 1. The number of morpholine rings is 1. The lowest BCUT2D eigenvalue weighted by Crippen LogP contribution is -2.37. The number of aromatic nitrogens is 4. The lowest BCUT2D eigenvalue weighted by atomic mass is 10.3. The standard InChI is InChI=1S/C14H22N6O/c1-11-12-13(16-10-17-14(12)19(2)18-11)15-4-3-5-20-6-8-21-9-7-20/h10H,3-9H2,1-2H3,(H,15,16,17). The number of hydrogen-bond donors (Lipinski definition) is 1. The first-order valence-corrected chi connectivity index (χ1v) is 7.44. The van der Waals surface area contributed by atoms with Gasteiger partial charge < -0.3 is 10.1 Å². The number of fused-ring (bicyclic) bond motifs is 1. The highest BCUT2D eigenvalue weighted by Gasteiger charge is 2.12. The van der Waals surface area contributed by atoms with Gasteiger partial charge in [0.1, 0.15) is 12.1 Å². The van der Waals surface area contributed by atoms with Crippen molar-refractivity contribution in [2.24, 2.45) is 7.05 Å². The van der Waals surface area contributed by atoms with Gasteiger partial charge in [-0.05, 0) is 19.9 Å². The summed E-state index contributed by atoms with van der Waals surface area (Å²) in [6.07, 6.45) is 2.68. The van der Waals surface area contributed by atoms with Crippen molar-refractivity contribution in [3.63, 3.8) is 0 Å². The summed E-state index contributed by atoms with van der Waals surface area (Å²) in [4.78, 5) is 11.1. The summed E-state index contributed by atoms with van der Waals surface area (Å²) in [7, 11) is 1.91. The molecular weight excluding hydrogens is 268 g/mol. The number of rotatable bonds is 5. The van der Waals surface area contributed by atoms with E-state index in [4.69, 9.17) is 4.74 Å². The van der Waals surface area contributed by atoms with E-state index >= 15 is 0 Å². The predicted molar refractivity (Wildman–Crippen MR) is 81.4 cm³/mol. The van der Waals surface area contributed by atoms with E-state index in [2.05, 4.69) is 25.3 Å². The van der Waals surface area contributed by atoms with Gasteiger partial charge in [0.25, 0.3) is 0 Å². The summed E-state index contributed by atoms with van der Waals surface area (Å²) in [5.74, 6) is 0.882. The Morgan fingerprint density at radius 2 is 2.10 bits per heavy atom. The van der Waals surface area contributed by atoms with Crippen molar-refractivity contribution in [1.82, 2.24) is 24.6 Å². The van der Waals surface area contributed by atoms with Gasteiger partial charge in [0.2, 0.25) is 0 Å². The molecule has 0 radical (unpaired) electrons. The fraction of sp³-hybridized carbons (Fsp3) is 0.643. The minimum atomic E-state index is 0.856. The maximum absolute atomic E-state index is 5.36. The van der Waals surface area contributed by atoms with Crippen LogP contribution in [0.1, 0.15) is 12.1 Å². The van der Waals surface area contributed by atoms with Crippen LogP contribution >= 0.6 is 0 Å². The van der Waals surface area contributed by atoms with Crippen molar-refractivity contribution in [3.8, 4) is 0 Å². The molecule has 0 amide bonds. The van der Waals surface area contributed by atoms with E-state index in [1.165, 1.54) is 0 Å². The van der Waals surface area contributed by atoms with Crippen LogP contribution in [0, 0.1) is 6.92 Å². The molecule has 0 saturated carbocycles. The summed E-state index contributed by atoms with van der Waals surface area (Å²) in [5, 5.41) is 8.84. The molecular formula is C14H22N6O. The average molecular weight is 290 g/mol. The molecule has 1 aliphatic rings. The number of hydrogen-bond acceptors (Lipinski definition) is 6. The van der Waals surface area contributed by atoms with Gasteiger partial charge in [-0.15, -0.1) is 0 Å². The SMILES string of the molecule is Cc1nn(C)c2ncnc(NCCCN3CCOCC3)c12. The molecule has 21 heavy (non-hydrogen) atoms. The molecule has 114 valence electrons. The van der Waals surface area contributed by atoms with Gasteiger partial charge in [-0.1, -0.05) is 0 Å². The van der Waals surface area contributed by atoms with Crippen LogP contribution < -0.4 is 5.32 Å². The average Bonchev–Trinajstić information content (AvgIpc) is 2.80. The van der Waals surface area contributed by atoms with Gasteiger partial charge in [-0.3, -0.25) is 9.58 Å². The zero-order valence-corrected chi connectivity index (χ0v) is 12.7. The molecule has 7 heteroatoms. The van der Waals surface area contributed by atoms with Crippen molar-refractivity contribution in [1.29, 1.82) is 0 Å². The monoisotopic (exact) mass is 290 g/mol. The molecule has 3 rings (SSSR count). The largest absolute Gasteiger partial charge is 0.379 e. The molecule has 1 saturated heterocycles. The molecule has 1 N–H and O–H groups in total. The molecule has 2 aromatic rings. The molecule has 7 nitrogen and oxygen atoms in total. The van der Waals surface area contributed by atoms with Crippen LogP contribution in [0.4, 0.5) is 5.82 Å². The first-order valence-electron chi connectivity index (χ1n) is 7.44. The predicted octanol–water partition coefficient (Wildman–Crippen LogP) is 0.806. The van der Waals surface area contributed by atoms with Crippen LogP contribution in [0.15, 0.2) is 6.33 Å². The minimum Gasteiger partial charge on any atom is -0.379 e. The molecule has 3 heterocycles. The van der Waals surface area contributed by atoms with Crippen molar-refractivity contribution >= 4 is 16.9 Å². The molecule has 0 aliphatic carbocycles. The van der Waals surface area contributed by atoms with Gasteiger partial charge in [0.05, 0.1) is 24.3 Å². The van der Waals surface area contributed by atoms with E-state index < -0.39 is 0 Å². The van der Waals surface area contributed by atoms with Crippen LogP contribution in [-0.4, -0.2) is 64.0 Å². The first-order chi connectivity index (χ1) is 10.3. The minimum absolute atomic E-state index is 0.856. The Hall–Kier alpha value is -1.73. The first kappa shape index (κ1) is 14.2. The zero-order valence-electron chi connectivity index (χ0n) is 12.7. The number of aryl methyl sites for hydroxylation is 2. The van der Waals surface area contributed by atoms with Gasteiger partial charge in [-0.2, -0.15) is 5.10 Å². The molecule has 0 spiro atoms. The van der Waals surface area contributed by atoms with E-state index in [-0.39, 0.29) is 0 Å². The van der Waals surface area contributed by atoms with Crippen LogP contribution in [0.3, 0.4) is 0 Å². The summed E-state index contributed by atoms with van der Waals surface area (Å²) >= 11 is 0. The fourth-order valence-corrected chi connectivity index (χ4v) is 2.75. The Bertz CT molecular complexity index is 605. The van der Waals surface area contributed by atoms with Crippen molar-refractivity contribution in [2.45, 2.75) is 13.3 Å². The quantitative estimate of drug-likeness (QED) is 0.822. The van der Waals surface area contributed by atoms with E-state index in [0.717, 1.165) is 68.4 Å². The summed E-state index contributed by atoms with van der Waals surface area (Å²) in [5.41, 5.74) is 1.84. The van der Waals surface area contributed by atoms with E-state index in [0.29, 0.717) is 0 Å². The Balaban J connectivity index is 1.58. The fourth-order valence-electron chi connectivity index (χ4n) is 2.75. The van der Waals surface area contributed by atoms with Crippen molar-refractivity contribution < 1.29 is 4.74 Å². The Labute approximate surface area is 124 Å². The number of ether oxygens (including phenoxy) is 1. The van der Waals surface area contributed by atoms with E-state index in [1.54, 1.807) is 11.0 Å². The van der Waals surface area contributed by atoms with Gasteiger partial charge in [-0.25, -0.2) is 9.97 Å². The maximum Gasteiger partial charge on any atom is 0.163 e. The van der Waals surface area contributed by atoms with Gasteiger partial charge >= 0.3 is 0 Å². The Morgan fingerprint density at radius 3 is 2.90 bits per heavy atom. The Morgan fingerprint density at radius 1 is 1.29 bits per heavy atom. The molecule has 2 aromatic heterocycles. The highest BCUT2D eigenvalue weighted by atomic mass is 16.5. The second kappa shape index (κ2) is 6.36. The second-order valence-corrected chi connectivity index (χ2v) is 5.36. The summed E-state index contributed by atoms with van der Waals surface area (Å²) in [6.45, 7) is 7.78. The molecule has 0 bridgehead atoms. The molecule has 1 aliphatic heterocycles. The third-order valence-corrected chi connectivity index (χ3v) is 3.84. The molecule has 0 aromatic carbocycles. The van der Waals surface area contributed by atoms with E-state index in [1.807, 2.05) is 14.0 Å². The lowest BCUT2D eigenvalue weighted by Gasteiger charge is -2.26. The highest BCUT2D eigenvalue weighted by molar-refractivity contribution is 5.88. The lowest BCUT2D eigenvalue weighted by molar-refractivity contribution is 0.0378. The topological polar surface area (TPSA) is 68.1 Å². The third kappa shape index (κ3) is 3.14. The van der Waals surface area contributed by atoms with Crippen molar-refractivity contribution in [3.05, 3.63) is 12.0 Å². The normalized spacial score (nSPS) is 16.5. The van der Waals surface area contributed by atoms with Crippen molar-refractivity contribution in [2.75, 3.05) is 44.7 Å². The highest BCUT2D eigenvalue weighted by Crippen LogP contribution is 2.21. The van der Waals surface area contributed by atoms with Gasteiger partial charge in [0.15, 0.2) is 5.65 Å². The Kier molecular flexibility index (Phi) is 4.31. The third-order valence-electron chi connectivity index (χ3n) is 3.84. The summed E-state index contributed by atoms with van der Waals surface area (Å²) in [6, 6.07) is 0. The molecule has 1 fully saturated rings. The molecule has 0 atom stereocenters. The van der Waals surface area contributed by atoms with Crippen LogP contribution in [-0.2, 0) is 11.8 Å². The summed E-state index contributed by atoms with van der Waals surface area (Å²) < 4.78 is 7.15. The van der Waals surface area contributed by atoms with Crippen LogP contribution in [0.5, 0.6) is 0 Å². The molecule has 0 unspecified atom stereocenters. The maximum atomic E-state index is 5.36. The van der Waals surface area contributed by atoms with Crippen LogP contribution in [0.25, 0.3) is 11.0 Å². The van der Waals surface area contributed by atoms with Crippen LogP contribution in [0.2, 0.25) is 0 Å². The second-order valence-electron chi connectivity index (χ2n) is 5.36. The van der Waals surface area contributed by atoms with Gasteiger partial charge in [0, 0.05) is 26.7 Å². The smallest absolute Gasteiger partial charge is 0.163 e. The number of anilines is 1. The van der Waals surface area contributed by atoms with E-state index in [9.17, 15) is 0 Å². The number of nitrogens with zero attached hydrogens (tertiary/aromatic N) is 5.